The molecule has 106 valence electrons. The van der Waals surface area contributed by atoms with E-state index in [9.17, 15) is 14.7 Å². The zero-order chi connectivity index (χ0) is 15.1. The van der Waals surface area contributed by atoms with Gasteiger partial charge in [-0.25, -0.2) is 9.59 Å². The van der Waals surface area contributed by atoms with Crippen LogP contribution in [0.2, 0.25) is 0 Å². The van der Waals surface area contributed by atoms with Crippen molar-refractivity contribution in [2.24, 2.45) is 0 Å². The monoisotopic (exact) mass is 277 g/mol. The quantitative estimate of drug-likeness (QED) is 0.612. The summed E-state index contributed by atoms with van der Waals surface area (Å²) in [6.07, 6.45) is -1.20. The second kappa shape index (κ2) is 7.11. The van der Waals surface area contributed by atoms with Crippen LogP contribution in [0.25, 0.3) is 0 Å². The fourth-order valence-corrected chi connectivity index (χ4v) is 1.46. The van der Waals surface area contributed by atoms with E-state index in [1.807, 2.05) is 6.07 Å². The maximum absolute atomic E-state index is 11.5. The molecular formula is C13H15N3O4. The van der Waals surface area contributed by atoms with E-state index in [1.165, 1.54) is 6.92 Å². The number of benzene rings is 1. The van der Waals surface area contributed by atoms with Crippen LogP contribution in [0.1, 0.15) is 18.1 Å². The molecule has 1 rings (SSSR count). The Bertz CT molecular complexity index is 519. The third-order valence-corrected chi connectivity index (χ3v) is 2.57. The fraction of sp³-hybridized carbons (Fsp3) is 0.308. The highest BCUT2D eigenvalue weighted by atomic mass is 16.4. The van der Waals surface area contributed by atoms with Crippen LogP contribution in [0, 0.1) is 11.3 Å². The predicted octanol–water partition coefficient (Wildman–Crippen LogP) is 0.191. The van der Waals surface area contributed by atoms with Crippen molar-refractivity contribution in [3.63, 3.8) is 0 Å². The van der Waals surface area contributed by atoms with Crippen LogP contribution >= 0.6 is 0 Å². The van der Waals surface area contributed by atoms with Crippen LogP contribution in [-0.2, 0) is 11.3 Å². The Morgan fingerprint density at radius 3 is 2.40 bits per heavy atom. The summed E-state index contributed by atoms with van der Waals surface area (Å²) in [6.45, 7) is 1.46. The van der Waals surface area contributed by atoms with Crippen molar-refractivity contribution in [1.29, 1.82) is 5.26 Å². The summed E-state index contributed by atoms with van der Waals surface area (Å²) < 4.78 is 0. The lowest BCUT2D eigenvalue weighted by Gasteiger charge is -2.17. The number of aliphatic hydroxyl groups excluding tert-OH is 1. The van der Waals surface area contributed by atoms with Crippen molar-refractivity contribution in [2.45, 2.75) is 25.6 Å². The van der Waals surface area contributed by atoms with E-state index in [4.69, 9.17) is 10.4 Å². The van der Waals surface area contributed by atoms with Crippen LogP contribution in [0.3, 0.4) is 0 Å². The molecule has 7 heteroatoms. The molecule has 4 N–H and O–H groups in total. The van der Waals surface area contributed by atoms with Crippen molar-refractivity contribution in [2.75, 3.05) is 0 Å². The first kappa shape index (κ1) is 15.5. The largest absolute Gasteiger partial charge is 0.480 e. The molecule has 0 spiro atoms. The van der Waals surface area contributed by atoms with Gasteiger partial charge in [0.2, 0.25) is 0 Å². The van der Waals surface area contributed by atoms with E-state index in [2.05, 4.69) is 10.6 Å². The second-order valence-corrected chi connectivity index (χ2v) is 4.19. The zero-order valence-corrected chi connectivity index (χ0v) is 10.8. The number of nitrogens with one attached hydrogen (secondary N) is 2. The number of aliphatic carboxylic acids is 1. The molecule has 0 radical (unpaired) electrons. The molecular weight excluding hydrogens is 262 g/mol. The number of nitrogens with zero attached hydrogens (tertiary/aromatic N) is 1. The maximum atomic E-state index is 11.5. The first-order chi connectivity index (χ1) is 9.43. The van der Waals surface area contributed by atoms with E-state index < -0.39 is 24.1 Å². The molecule has 7 nitrogen and oxygen atoms in total. The Hall–Kier alpha value is -2.59. The number of aliphatic hydroxyl groups is 1. The van der Waals surface area contributed by atoms with E-state index >= 15 is 0 Å². The summed E-state index contributed by atoms with van der Waals surface area (Å²) in [4.78, 5) is 22.3. The lowest BCUT2D eigenvalue weighted by atomic mass is 10.1. The first-order valence-corrected chi connectivity index (χ1v) is 5.88. The zero-order valence-electron chi connectivity index (χ0n) is 10.8. The Balaban J connectivity index is 2.50. The molecule has 0 saturated heterocycles. The second-order valence-electron chi connectivity index (χ2n) is 4.19. The molecule has 0 aromatic heterocycles. The molecule has 0 aliphatic heterocycles. The molecule has 2 atom stereocenters. The highest BCUT2D eigenvalue weighted by molar-refractivity contribution is 5.82. The van der Waals surface area contributed by atoms with Crippen LogP contribution in [-0.4, -0.2) is 34.4 Å². The van der Waals surface area contributed by atoms with Gasteiger partial charge in [0.25, 0.3) is 0 Å². The average molecular weight is 277 g/mol. The van der Waals surface area contributed by atoms with Gasteiger partial charge >= 0.3 is 12.0 Å². The summed E-state index contributed by atoms with van der Waals surface area (Å²) in [5.41, 5.74) is 1.28. The molecule has 2 amide bonds. The standard InChI is InChI=1S/C13H15N3O4/c1-8(17)11(12(18)19)16-13(20)15-7-10-4-2-9(6-14)3-5-10/h2-5,8,11,17H,7H2,1H3,(H,18,19)(H2,15,16,20)/t8-,11+/m1/s1. The summed E-state index contributed by atoms with van der Waals surface area (Å²) in [6, 6.07) is 6.52. The first-order valence-electron chi connectivity index (χ1n) is 5.88. The minimum atomic E-state index is -1.36. The fourth-order valence-electron chi connectivity index (χ4n) is 1.46. The Kier molecular flexibility index (Phi) is 5.50. The van der Waals surface area contributed by atoms with Gasteiger partial charge in [0.1, 0.15) is 0 Å². The number of nitriles is 1. The van der Waals surface area contributed by atoms with E-state index in [0.29, 0.717) is 5.56 Å². The average Bonchev–Trinajstić information content (AvgIpc) is 2.42. The molecule has 0 unspecified atom stereocenters. The van der Waals surface area contributed by atoms with Gasteiger partial charge < -0.3 is 20.8 Å². The number of urea groups is 1. The van der Waals surface area contributed by atoms with Gasteiger partial charge in [-0.3, -0.25) is 0 Å². The summed E-state index contributed by atoms with van der Waals surface area (Å²) in [7, 11) is 0. The molecule has 0 heterocycles. The molecule has 1 aromatic carbocycles. The molecule has 0 bridgehead atoms. The van der Waals surface area contributed by atoms with Gasteiger partial charge in [0, 0.05) is 6.54 Å². The van der Waals surface area contributed by atoms with Crippen molar-refractivity contribution in [3.8, 4) is 6.07 Å². The smallest absolute Gasteiger partial charge is 0.328 e. The molecule has 0 aliphatic rings. The van der Waals surface area contributed by atoms with Crippen LogP contribution in [0.5, 0.6) is 0 Å². The minimum absolute atomic E-state index is 0.184. The van der Waals surface area contributed by atoms with E-state index in [-0.39, 0.29) is 6.54 Å². The third kappa shape index (κ3) is 4.59. The molecule has 0 aliphatic carbocycles. The van der Waals surface area contributed by atoms with Gasteiger partial charge in [-0.05, 0) is 24.6 Å². The van der Waals surface area contributed by atoms with Gasteiger partial charge in [0.05, 0.1) is 17.7 Å². The number of carbonyl (C=O) groups excluding carboxylic acids is 1. The lowest BCUT2D eigenvalue weighted by Crippen LogP contribution is -2.50. The van der Waals surface area contributed by atoms with Gasteiger partial charge in [-0.15, -0.1) is 0 Å². The van der Waals surface area contributed by atoms with E-state index in [1.54, 1.807) is 24.3 Å². The van der Waals surface area contributed by atoms with Crippen molar-refractivity contribution in [3.05, 3.63) is 35.4 Å². The summed E-state index contributed by atoms with van der Waals surface area (Å²) in [5, 5.41) is 31.3. The highest BCUT2D eigenvalue weighted by Crippen LogP contribution is 2.02. The van der Waals surface area contributed by atoms with Gasteiger partial charge in [-0.1, -0.05) is 12.1 Å². The Morgan fingerprint density at radius 2 is 1.95 bits per heavy atom. The number of carboxylic acid groups (broad SMARTS) is 1. The van der Waals surface area contributed by atoms with Crippen LogP contribution in [0.15, 0.2) is 24.3 Å². The van der Waals surface area contributed by atoms with Crippen molar-refractivity contribution in [1.82, 2.24) is 10.6 Å². The molecule has 1 aromatic rings. The molecule has 20 heavy (non-hydrogen) atoms. The van der Waals surface area contributed by atoms with Crippen LogP contribution < -0.4 is 10.6 Å². The van der Waals surface area contributed by atoms with Gasteiger partial charge in [0.15, 0.2) is 6.04 Å². The van der Waals surface area contributed by atoms with Crippen molar-refractivity contribution < 1.29 is 19.8 Å². The number of hydrogen-bond donors (Lipinski definition) is 4. The van der Waals surface area contributed by atoms with Crippen molar-refractivity contribution >= 4 is 12.0 Å². The number of carboxylic acids is 1. The number of carbonyl (C=O) groups is 2. The topological polar surface area (TPSA) is 122 Å². The molecule has 0 fully saturated rings. The highest BCUT2D eigenvalue weighted by Gasteiger charge is 2.24. The minimum Gasteiger partial charge on any atom is -0.480 e. The molecule has 0 saturated carbocycles. The Labute approximate surface area is 115 Å². The maximum Gasteiger partial charge on any atom is 0.328 e. The predicted molar refractivity (Wildman–Crippen MR) is 69.6 cm³/mol. The summed E-state index contributed by atoms with van der Waals surface area (Å²) >= 11 is 0. The SMILES string of the molecule is C[C@@H](O)[C@H](NC(=O)NCc1ccc(C#N)cc1)C(=O)O. The number of rotatable bonds is 5. The lowest BCUT2D eigenvalue weighted by molar-refractivity contribution is -0.141. The number of amides is 2. The third-order valence-electron chi connectivity index (χ3n) is 2.57. The van der Waals surface area contributed by atoms with Gasteiger partial charge in [-0.2, -0.15) is 5.26 Å². The number of hydrogen-bond acceptors (Lipinski definition) is 4. The normalized spacial score (nSPS) is 12.8. The van der Waals surface area contributed by atoms with E-state index in [0.717, 1.165) is 5.56 Å². The Morgan fingerprint density at radius 1 is 1.35 bits per heavy atom. The summed E-state index contributed by atoms with van der Waals surface area (Å²) in [5.74, 6) is -1.31. The van der Waals surface area contributed by atoms with Crippen LogP contribution in [0.4, 0.5) is 4.79 Å².